The lowest BCUT2D eigenvalue weighted by Crippen LogP contribution is -2.46. The van der Waals surface area contributed by atoms with Crippen LogP contribution in [0.1, 0.15) is 25.0 Å². The largest absolute Gasteiger partial charge is 0.292 e. The Labute approximate surface area is 155 Å². The van der Waals surface area contributed by atoms with Gasteiger partial charge < -0.3 is 0 Å². The van der Waals surface area contributed by atoms with E-state index < -0.39 is 0 Å². The number of amides is 1. The number of hydrogen-bond acceptors (Lipinski definition) is 4. The maximum absolute atomic E-state index is 13.5. The number of amidine groups is 2. The van der Waals surface area contributed by atoms with Crippen molar-refractivity contribution >= 4 is 34.4 Å². The van der Waals surface area contributed by atoms with Crippen LogP contribution in [0.15, 0.2) is 58.5 Å². The normalized spacial score (nSPS) is 18.5. The second-order valence-electron chi connectivity index (χ2n) is 6.66. The first-order valence-electron chi connectivity index (χ1n) is 8.51. The lowest BCUT2D eigenvalue weighted by Gasteiger charge is -2.32. The van der Waals surface area contributed by atoms with Gasteiger partial charge in [0.05, 0.1) is 5.69 Å². The molecule has 4 rings (SSSR count). The average Bonchev–Trinajstić information content (AvgIpc) is 2.97. The fraction of sp³-hybridized carbons (Fsp3) is 0.250. The van der Waals surface area contributed by atoms with Crippen LogP contribution >= 0.6 is 11.8 Å². The second-order valence-corrected chi connectivity index (χ2v) is 7.61. The number of hydrogen-bond donors (Lipinski definition) is 0. The zero-order valence-corrected chi connectivity index (χ0v) is 15.3. The molecule has 2 aromatic rings. The van der Waals surface area contributed by atoms with Gasteiger partial charge in [-0.1, -0.05) is 49.9 Å². The number of aliphatic imine (C=N–C) groups is 2. The fourth-order valence-electron chi connectivity index (χ4n) is 3.24. The van der Waals surface area contributed by atoms with E-state index in [0.29, 0.717) is 11.6 Å². The van der Waals surface area contributed by atoms with Gasteiger partial charge in [-0.3, -0.25) is 9.69 Å². The van der Waals surface area contributed by atoms with Crippen LogP contribution in [0.4, 0.5) is 10.1 Å². The third kappa shape index (κ3) is 2.94. The van der Waals surface area contributed by atoms with Gasteiger partial charge in [0.15, 0.2) is 5.17 Å². The third-order valence-electron chi connectivity index (χ3n) is 4.43. The second kappa shape index (κ2) is 6.68. The molecule has 2 aromatic carbocycles. The van der Waals surface area contributed by atoms with Gasteiger partial charge in [0, 0.05) is 11.3 Å². The Morgan fingerprint density at radius 2 is 1.96 bits per heavy atom. The number of carbonyl (C=O) groups excluding carboxylic acids is 1. The Balaban J connectivity index is 1.71. The minimum absolute atomic E-state index is 0.106. The summed E-state index contributed by atoms with van der Waals surface area (Å²) in [6.07, 6.45) is 0. The predicted molar refractivity (Wildman–Crippen MR) is 103 cm³/mol. The number of carbonyl (C=O) groups is 1. The topological polar surface area (TPSA) is 45.0 Å². The summed E-state index contributed by atoms with van der Waals surface area (Å²) in [5.74, 6) is 0.958. The summed E-state index contributed by atoms with van der Waals surface area (Å²) in [4.78, 5) is 23.6. The Hall–Kier alpha value is -2.47. The maximum Gasteiger partial charge on any atom is 0.271 e. The van der Waals surface area contributed by atoms with Crippen LogP contribution in [-0.4, -0.2) is 27.9 Å². The van der Waals surface area contributed by atoms with Crippen molar-refractivity contribution < 1.29 is 9.18 Å². The zero-order valence-electron chi connectivity index (χ0n) is 14.5. The highest BCUT2D eigenvalue weighted by Gasteiger charge is 2.43. The van der Waals surface area contributed by atoms with Crippen molar-refractivity contribution in [2.75, 3.05) is 0 Å². The SMILES string of the molecule is CC(C)C1C(=O)N=C2c3ccccc3N=C(SCc3cccc(F)c3)N21. The van der Waals surface area contributed by atoms with E-state index in [1.807, 2.05) is 49.1 Å². The van der Waals surface area contributed by atoms with Crippen molar-refractivity contribution in [3.05, 3.63) is 65.5 Å². The average molecular weight is 367 g/mol. The van der Waals surface area contributed by atoms with Gasteiger partial charge in [-0.25, -0.2) is 9.38 Å². The van der Waals surface area contributed by atoms with Crippen LogP contribution in [0.3, 0.4) is 0 Å². The molecule has 0 saturated carbocycles. The first-order valence-corrected chi connectivity index (χ1v) is 9.50. The maximum atomic E-state index is 13.5. The van der Waals surface area contributed by atoms with Crippen LogP contribution in [0.2, 0.25) is 0 Å². The molecular weight excluding hydrogens is 349 g/mol. The van der Waals surface area contributed by atoms with Crippen molar-refractivity contribution in [2.45, 2.75) is 25.6 Å². The number of fused-ring (bicyclic) bond motifs is 3. The first-order chi connectivity index (χ1) is 12.5. The van der Waals surface area contributed by atoms with Crippen LogP contribution in [0.5, 0.6) is 0 Å². The molecule has 4 nitrogen and oxygen atoms in total. The Kier molecular flexibility index (Phi) is 4.36. The number of rotatable bonds is 3. The van der Waals surface area contributed by atoms with Crippen molar-refractivity contribution in [1.82, 2.24) is 4.90 Å². The highest BCUT2D eigenvalue weighted by molar-refractivity contribution is 8.13. The van der Waals surface area contributed by atoms with Gasteiger partial charge in [-0.15, -0.1) is 0 Å². The van der Waals surface area contributed by atoms with Gasteiger partial charge in [-0.05, 0) is 35.7 Å². The molecule has 132 valence electrons. The Morgan fingerprint density at radius 1 is 1.15 bits per heavy atom. The van der Waals surface area contributed by atoms with Crippen LogP contribution in [0, 0.1) is 11.7 Å². The molecule has 6 heteroatoms. The Morgan fingerprint density at radius 3 is 2.73 bits per heavy atom. The number of para-hydroxylation sites is 1. The minimum Gasteiger partial charge on any atom is -0.292 e. The lowest BCUT2D eigenvalue weighted by atomic mass is 10.0. The van der Waals surface area contributed by atoms with Crippen molar-refractivity contribution in [1.29, 1.82) is 0 Å². The summed E-state index contributed by atoms with van der Waals surface area (Å²) < 4.78 is 13.5. The number of nitrogens with zero attached hydrogens (tertiary/aromatic N) is 3. The van der Waals surface area contributed by atoms with E-state index in [0.717, 1.165) is 22.0 Å². The van der Waals surface area contributed by atoms with Crippen molar-refractivity contribution in [3.63, 3.8) is 0 Å². The van der Waals surface area contributed by atoms with Gasteiger partial charge in [0.25, 0.3) is 5.91 Å². The predicted octanol–water partition coefficient (Wildman–Crippen LogP) is 4.37. The quantitative estimate of drug-likeness (QED) is 0.809. The van der Waals surface area contributed by atoms with E-state index in [2.05, 4.69) is 4.99 Å². The number of benzene rings is 2. The standard InChI is InChI=1S/C20H18FN3OS/c1-12(2)17-19(25)23-18-15-8-3-4-9-16(15)22-20(24(17)18)26-11-13-6-5-7-14(21)10-13/h3-10,12,17H,11H2,1-2H3. The highest BCUT2D eigenvalue weighted by atomic mass is 32.2. The molecule has 1 atom stereocenters. The third-order valence-corrected chi connectivity index (χ3v) is 5.45. The molecule has 1 amide bonds. The van der Waals surface area contributed by atoms with E-state index in [1.165, 1.54) is 23.9 Å². The molecule has 0 bridgehead atoms. The van der Waals surface area contributed by atoms with Gasteiger partial charge in [-0.2, -0.15) is 4.99 Å². The van der Waals surface area contributed by atoms with Gasteiger partial charge >= 0.3 is 0 Å². The van der Waals surface area contributed by atoms with Crippen molar-refractivity contribution in [3.8, 4) is 0 Å². The van der Waals surface area contributed by atoms with E-state index in [1.54, 1.807) is 6.07 Å². The molecule has 2 aliphatic rings. The number of thioether (sulfide) groups is 1. The van der Waals surface area contributed by atoms with E-state index in [4.69, 9.17) is 4.99 Å². The van der Waals surface area contributed by atoms with E-state index in [9.17, 15) is 9.18 Å². The molecule has 1 unspecified atom stereocenters. The van der Waals surface area contributed by atoms with Crippen molar-refractivity contribution in [2.24, 2.45) is 15.9 Å². The van der Waals surface area contributed by atoms with Gasteiger partial charge in [0.1, 0.15) is 17.7 Å². The molecule has 0 aromatic heterocycles. The summed E-state index contributed by atoms with van der Waals surface area (Å²) in [5, 5.41) is 0.733. The minimum atomic E-state index is -0.350. The molecular formula is C20H18FN3OS. The molecule has 0 saturated heterocycles. The molecule has 0 spiro atoms. The molecule has 26 heavy (non-hydrogen) atoms. The number of halogens is 1. The summed E-state index contributed by atoms with van der Waals surface area (Å²) >= 11 is 1.50. The zero-order chi connectivity index (χ0) is 18.3. The molecule has 0 radical (unpaired) electrons. The smallest absolute Gasteiger partial charge is 0.271 e. The Bertz CT molecular complexity index is 938. The summed E-state index contributed by atoms with van der Waals surface area (Å²) in [7, 11) is 0. The molecule has 0 N–H and O–H groups in total. The summed E-state index contributed by atoms with van der Waals surface area (Å²) in [6.45, 7) is 4.02. The van der Waals surface area contributed by atoms with Crippen LogP contribution < -0.4 is 0 Å². The lowest BCUT2D eigenvalue weighted by molar-refractivity contribution is -0.120. The molecule has 0 fully saturated rings. The first kappa shape index (κ1) is 17.0. The van der Waals surface area contributed by atoms with E-state index in [-0.39, 0.29) is 23.7 Å². The highest BCUT2D eigenvalue weighted by Crippen LogP contribution is 2.36. The summed E-state index contributed by atoms with van der Waals surface area (Å²) in [6, 6.07) is 13.9. The van der Waals surface area contributed by atoms with Gasteiger partial charge in [0.2, 0.25) is 0 Å². The van der Waals surface area contributed by atoms with Crippen LogP contribution in [-0.2, 0) is 10.5 Å². The van der Waals surface area contributed by atoms with Crippen LogP contribution in [0.25, 0.3) is 0 Å². The summed E-state index contributed by atoms with van der Waals surface area (Å²) in [5.41, 5.74) is 2.56. The fourth-order valence-corrected chi connectivity index (χ4v) is 4.22. The molecule has 2 aliphatic heterocycles. The molecule has 2 heterocycles. The molecule has 0 aliphatic carbocycles. The monoisotopic (exact) mass is 367 g/mol. The van der Waals surface area contributed by atoms with E-state index >= 15 is 0 Å².